The van der Waals surface area contributed by atoms with Crippen LogP contribution in [0.15, 0.2) is 48.5 Å². The molecule has 0 aliphatic carbocycles. The molecule has 0 aliphatic rings. The quantitative estimate of drug-likeness (QED) is 0.720. The van der Waals surface area contributed by atoms with Crippen LogP contribution < -0.4 is 19.5 Å². The molecule has 5 nitrogen and oxygen atoms in total. The first-order valence-corrected chi connectivity index (χ1v) is 8.47. The third-order valence-electron chi connectivity index (χ3n) is 3.58. The normalized spacial score (nSPS) is 10.2. The summed E-state index contributed by atoms with van der Waals surface area (Å²) >= 11 is 0. The highest BCUT2D eigenvalue weighted by Gasteiger charge is 2.08. The van der Waals surface area contributed by atoms with Gasteiger partial charge in [0.1, 0.15) is 5.75 Å². The van der Waals surface area contributed by atoms with E-state index in [1.54, 1.807) is 13.2 Å². The SMILES string of the molecule is CCCOc1ccccc1OCC(=O)NCCc1ccccc1OC. The van der Waals surface area contributed by atoms with Gasteiger partial charge < -0.3 is 19.5 Å². The molecule has 0 bridgehead atoms. The maximum atomic E-state index is 12.0. The van der Waals surface area contributed by atoms with Gasteiger partial charge in [0.2, 0.25) is 0 Å². The standard InChI is InChI=1S/C20H25NO4/c1-3-14-24-18-10-6-7-11-19(18)25-15-20(22)21-13-12-16-8-4-5-9-17(16)23-2/h4-11H,3,12-15H2,1-2H3,(H,21,22). The van der Waals surface area contributed by atoms with E-state index >= 15 is 0 Å². The van der Waals surface area contributed by atoms with Gasteiger partial charge in [0, 0.05) is 6.54 Å². The number of carbonyl (C=O) groups is 1. The summed E-state index contributed by atoms with van der Waals surface area (Å²) < 4.78 is 16.5. The number of benzene rings is 2. The second-order valence-electron chi connectivity index (χ2n) is 5.50. The van der Waals surface area contributed by atoms with Gasteiger partial charge in [-0.2, -0.15) is 0 Å². The molecule has 134 valence electrons. The lowest BCUT2D eigenvalue weighted by Crippen LogP contribution is -2.30. The van der Waals surface area contributed by atoms with E-state index in [-0.39, 0.29) is 12.5 Å². The molecule has 0 fully saturated rings. The maximum absolute atomic E-state index is 12.0. The van der Waals surface area contributed by atoms with Crippen LogP contribution in [0.2, 0.25) is 0 Å². The fraction of sp³-hybridized carbons (Fsp3) is 0.350. The zero-order valence-corrected chi connectivity index (χ0v) is 14.8. The largest absolute Gasteiger partial charge is 0.496 e. The van der Waals surface area contributed by atoms with E-state index in [9.17, 15) is 4.79 Å². The Labute approximate surface area is 148 Å². The predicted octanol–water partition coefficient (Wildman–Crippen LogP) is 3.22. The summed E-state index contributed by atoms with van der Waals surface area (Å²) in [7, 11) is 1.64. The van der Waals surface area contributed by atoms with Crippen molar-refractivity contribution in [2.75, 3.05) is 26.9 Å². The lowest BCUT2D eigenvalue weighted by molar-refractivity contribution is -0.123. The van der Waals surface area contributed by atoms with Crippen LogP contribution in [0.3, 0.4) is 0 Å². The Morgan fingerprint density at radius 3 is 2.28 bits per heavy atom. The highest BCUT2D eigenvalue weighted by molar-refractivity contribution is 5.77. The number of carbonyl (C=O) groups excluding carboxylic acids is 1. The Hall–Kier alpha value is -2.69. The fourth-order valence-corrected chi connectivity index (χ4v) is 2.34. The first kappa shape index (κ1) is 18.6. The number of nitrogens with one attached hydrogen (secondary N) is 1. The summed E-state index contributed by atoms with van der Waals surface area (Å²) in [4.78, 5) is 12.0. The average Bonchev–Trinajstić information content (AvgIpc) is 2.65. The molecular formula is C20H25NO4. The minimum Gasteiger partial charge on any atom is -0.496 e. The van der Waals surface area contributed by atoms with Crippen LogP contribution in [-0.2, 0) is 11.2 Å². The van der Waals surface area contributed by atoms with Crippen LogP contribution >= 0.6 is 0 Å². The first-order valence-electron chi connectivity index (χ1n) is 8.47. The molecule has 2 rings (SSSR count). The van der Waals surface area contributed by atoms with Crippen LogP contribution in [0.5, 0.6) is 17.2 Å². The molecule has 25 heavy (non-hydrogen) atoms. The van der Waals surface area contributed by atoms with Crippen molar-refractivity contribution in [1.82, 2.24) is 5.32 Å². The summed E-state index contributed by atoms with van der Waals surface area (Å²) in [6.45, 7) is 3.14. The summed E-state index contributed by atoms with van der Waals surface area (Å²) in [6.07, 6.45) is 1.61. The lowest BCUT2D eigenvalue weighted by atomic mass is 10.1. The van der Waals surface area contributed by atoms with E-state index in [0.29, 0.717) is 31.1 Å². The third kappa shape index (κ3) is 6.03. The van der Waals surface area contributed by atoms with Crippen LogP contribution in [0, 0.1) is 0 Å². The van der Waals surface area contributed by atoms with Crippen LogP contribution in [0.4, 0.5) is 0 Å². The molecule has 5 heteroatoms. The van der Waals surface area contributed by atoms with Crippen molar-refractivity contribution in [3.63, 3.8) is 0 Å². The molecular weight excluding hydrogens is 318 g/mol. The van der Waals surface area contributed by atoms with Crippen LogP contribution in [0.1, 0.15) is 18.9 Å². The van der Waals surface area contributed by atoms with E-state index in [4.69, 9.17) is 14.2 Å². The summed E-state index contributed by atoms with van der Waals surface area (Å²) in [5.74, 6) is 1.90. The summed E-state index contributed by atoms with van der Waals surface area (Å²) in [5.41, 5.74) is 1.06. The Balaban J connectivity index is 1.77. The Kier molecular flexibility index (Phi) is 7.63. The van der Waals surface area contributed by atoms with Gasteiger partial charge in [-0.1, -0.05) is 37.3 Å². The third-order valence-corrected chi connectivity index (χ3v) is 3.58. The van der Waals surface area contributed by atoms with Crippen molar-refractivity contribution >= 4 is 5.91 Å². The van der Waals surface area contributed by atoms with E-state index < -0.39 is 0 Å². The van der Waals surface area contributed by atoms with Crippen LogP contribution in [-0.4, -0.2) is 32.8 Å². The molecule has 0 atom stereocenters. The molecule has 0 saturated heterocycles. The summed E-state index contributed by atoms with van der Waals surface area (Å²) in [5, 5.41) is 2.86. The molecule has 0 saturated carbocycles. The van der Waals surface area contributed by atoms with Gasteiger partial charge in [-0.05, 0) is 36.6 Å². The van der Waals surface area contributed by atoms with Gasteiger partial charge in [0.15, 0.2) is 18.1 Å². The number of para-hydroxylation sites is 3. The van der Waals surface area contributed by atoms with Crippen molar-refractivity contribution in [1.29, 1.82) is 0 Å². The maximum Gasteiger partial charge on any atom is 0.257 e. The van der Waals surface area contributed by atoms with Crippen molar-refractivity contribution < 1.29 is 19.0 Å². The molecule has 0 unspecified atom stereocenters. The highest BCUT2D eigenvalue weighted by atomic mass is 16.5. The van der Waals surface area contributed by atoms with Gasteiger partial charge in [-0.3, -0.25) is 4.79 Å². The average molecular weight is 343 g/mol. The minimum atomic E-state index is -0.166. The van der Waals surface area contributed by atoms with E-state index in [1.165, 1.54) is 0 Å². The van der Waals surface area contributed by atoms with E-state index in [2.05, 4.69) is 5.32 Å². The molecule has 0 radical (unpaired) electrons. The molecule has 2 aromatic rings. The van der Waals surface area contributed by atoms with Gasteiger partial charge in [-0.25, -0.2) is 0 Å². The lowest BCUT2D eigenvalue weighted by Gasteiger charge is -2.12. The fourth-order valence-electron chi connectivity index (χ4n) is 2.34. The van der Waals surface area contributed by atoms with E-state index in [1.807, 2.05) is 49.4 Å². The number of hydrogen-bond acceptors (Lipinski definition) is 4. The first-order chi connectivity index (χ1) is 12.2. The monoisotopic (exact) mass is 343 g/mol. The van der Waals surface area contributed by atoms with Crippen molar-refractivity contribution in [2.24, 2.45) is 0 Å². The number of hydrogen-bond donors (Lipinski definition) is 1. The molecule has 1 amide bonds. The van der Waals surface area contributed by atoms with Gasteiger partial charge in [-0.15, -0.1) is 0 Å². The Morgan fingerprint density at radius 2 is 1.60 bits per heavy atom. The topological polar surface area (TPSA) is 56.8 Å². The number of amides is 1. The zero-order valence-electron chi connectivity index (χ0n) is 14.8. The zero-order chi connectivity index (χ0) is 17.9. The van der Waals surface area contributed by atoms with Gasteiger partial charge >= 0.3 is 0 Å². The van der Waals surface area contributed by atoms with Crippen molar-refractivity contribution in [2.45, 2.75) is 19.8 Å². The van der Waals surface area contributed by atoms with E-state index in [0.717, 1.165) is 17.7 Å². The van der Waals surface area contributed by atoms with Crippen molar-refractivity contribution in [3.05, 3.63) is 54.1 Å². The molecule has 2 aromatic carbocycles. The second-order valence-corrected chi connectivity index (χ2v) is 5.50. The smallest absolute Gasteiger partial charge is 0.257 e. The van der Waals surface area contributed by atoms with Gasteiger partial charge in [0.05, 0.1) is 13.7 Å². The minimum absolute atomic E-state index is 0.0432. The Bertz CT molecular complexity index is 672. The molecule has 0 aromatic heterocycles. The molecule has 0 heterocycles. The second kappa shape index (κ2) is 10.2. The predicted molar refractivity (Wildman–Crippen MR) is 97.4 cm³/mol. The molecule has 1 N–H and O–H groups in total. The van der Waals surface area contributed by atoms with Crippen LogP contribution in [0.25, 0.3) is 0 Å². The van der Waals surface area contributed by atoms with Gasteiger partial charge in [0.25, 0.3) is 5.91 Å². The Morgan fingerprint density at radius 1 is 0.960 bits per heavy atom. The highest BCUT2D eigenvalue weighted by Crippen LogP contribution is 2.26. The number of methoxy groups -OCH3 is 1. The molecule has 0 spiro atoms. The number of ether oxygens (including phenoxy) is 3. The number of rotatable bonds is 10. The molecule has 0 aliphatic heterocycles. The van der Waals surface area contributed by atoms with Crippen molar-refractivity contribution in [3.8, 4) is 17.2 Å². The summed E-state index contributed by atoms with van der Waals surface area (Å²) in [6, 6.07) is 15.1.